The summed E-state index contributed by atoms with van der Waals surface area (Å²) in [6, 6.07) is 0. The number of aliphatic hydroxyl groups is 2. The lowest BCUT2D eigenvalue weighted by atomic mass is 10.3. The van der Waals surface area contributed by atoms with E-state index in [1.165, 1.54) is 5.01 Å². The van der Waals surface area contributed by atoms with E-state index in [4.69, 9.17) is 14.9 Å². The molecule has 0 aromatic rings. The molecule has 0 spiro atoms. The first-order valence-electron chi connectivity index (χ1n) is 5.03. The second-order valence-corrected chi connectivity index (χ2v) is 3.42. The highest BCUT2D eigenvalue weighted by Crippen LogP contribution is 2.05. The van der Waals surface area contributed by atoms with E-state index in [0.717, 1.165) is 0 Å². The number of carbonyl (C=O) groups excluding carboxylic acids is 1. The van der Waals surface area contributed by atoms with E-state index in [2.05, 4.69) is 20.9 Å². The molecule has 1 amide bonds. The lowest BCUT2D eigenvalue weighted by Gasteiger charge is -2.22. The van der Waals surface area contributed by atoms with Gasteiger partial charge in [0.1, 0.15) is 19.5 Å². The summed E-state index contributed by atoms with van der Waals surface area (Å²) in [7, 11) is 0. The number of hydrazone groups is 1. The zero-order chi connectivity index (χ0) is 12.3. The van der Waals surface area contributed by atoms with Crippen molar-refractivity contribution in [2.24, 2.45) is 10.1 Å². The molecule has 2 aliphatic rings. The van der Waals surface area contributed by atoms with Crippen LogP contribution in [0.25, 0.3) is 0 Å². The van der Waals surface area contributed by atoms with E-state index in [0.29, 0.717) is 5.84 Å². The fourth-order valence-electron chi connectivity index (χ4n) is 1.35. The van der Waals surface area contributed by atoms with Gasteiger partial charge in [0, 0.05) is 0 Å². The summed E-state index contributed by atoms with van der Waals surface area (Å²) in [5.74, 6) is 0.0919. The number of nitrogens with zero attached hydrogens (tertiary/aromatic N) is 3. The SMILES string of the molecule is O=C1NCN=C2C1=NNN2COC(CO)CO. The molecule has 0 bridgehead atoms. The van der Waals surface area contributed by atoms with Gasteiger partial charge in [-0.25, -0.2) is 15.5 Å². The Labute approximate surface area is 96.7 Å². The molecule has 9 nitrogen and oxygen atoms in total. The Kier molecular flexibility index (Phi) is 3.52. The van der Waals surface area contributed by atoms with Gasteiger partial charge < -0.3 is 20.3 Å². The molecular formula is C8H13N5O4. The molecular weight excluding hydrogens is 230 g/mol. The second-order valence-electron chi connectivity index (χ2n) is 3.42. The van der Waals surface area contributed by atoms with Crippen LogP contribution in [0.4, 0.5) is 0 Å². The summed E-state index contributed by atoms with van der Waals surface area (Å²) in [5.41, 5.74) is 2.77. The minimum Gasteiger partial charge on any atom is -0.394 e. The Hall–Kier alpha value is -1.71. The highest BCUT2D eigenvalue weighted by Gasteiger charge is 2.32. The normalized spacial score (nSPS) is 18.5. The van der Waals surface area contributed by atoms with Crippen molar-refractivity contribution >= 4 is 17.5 Å². The highest BCUT2D eigenvalue weighted by atomic mass is 16.5. The van der Waals surface area contributed by atoms with Crippen molar-refractivity contribution in [3.8, 4) is 0 Å². The van der Waals surface area contributed by atoms with E-state index in [-0.39, 0.29) is 38.2 Å². The van der Waals surface area contributed by atoms with Crippen molar-refractivity contribution in [3.05, 3.63) is 0 Å². The molecule has 0 fully saturated rings. The average Bonchev–Trinajstić information content (AvgIpc) is 2.75. The van der Waals surface area contributed by atoms with Crippen molar-refractivity contribution in [1.82, 2.24) is 15.9 Å². The van der Waals surface area contributed by atoms with Crippen LogP contribution in [0, 0.1) is 0 Å². The van der Waals surface area contributed by atoms with Crippen LogP contribution in [0.2, 0.25) is 0 Å². The van der Waals surface area contributed by atoms with E-state index in [9.17, 15) is 4.79 Å². The van der Waals surface area contributed by atoms with Crippen LogP contribution in [0.1, 0.15) is 0 Å². The quantitative estimate of drug-likeness (QED) is 0.408. The molecule has 0 radical (unpaired) electrons. The summed E-state index contributed by atoms with van der Waals surface area (Å²) in [4.78, 5) is 15.4. The average molecular weight is 243 g/mol. The fraction of sp³-hybridized carbons (Fsp3) is 0.625. The van der Waals surface area contributed by atoms with Gasteiger partial charge in [0.2, 0.25) is 0 Å². The third-order valence-corrected chi connectivity index (χ3v) is 2.28. The maximum Gasteiger partial charge on any atom is 0.277 e. The summed E-state index contributed by atoms with van der Waals surface area (Å²) >= 11 is 0. The Morgan fingerprint density at radius 1 is 1.47 bits per heavy atom. The molecule has 94 valence electrons. The van der Waals surface area contributed by atoms with Crippen molar-refractivity contribution < 1.29 is 19.7 Å². The summed E-state index contributed by atoms with van der Waals surface area (Å²) in [6.45, 7) is -0.365. The monoisotopic (exact) mass is 243 g/mol. The molecule has 0 saturated heterocycles. The third-order valence-electron chi connectivity index (χ3n) is 2.28. The predicted octanol–water partition coefficient (Wildman–Crippen LogP) is -3.02. The number of aliphatic imine (C=N–C) groups is 1. The Morgan fingerprint density at radius 3 is 2.94 bits per heavy atom. The molecule has 9 heteroatoms. The number of hydrogen-bond donors (Lipinski definition) is 4. The van der Waals surface area contributed by atoms with E-state index >= 15 is 0 Å². The minimum absolute atomic E-state index is 0.0188. The molecule has 4 N–H and O–H groups in total. The van der Waals surface area contributed by atoms with E-state index in [1.807, 2.05) is 0 Å². The van der Waals surface area contributed by atoms with Gasteiger partial charge in [-0.2, -0.15) is 5.10 Å². The molecule has 0 aliphatic carbocycles. The van der Waals surface area contributed by atoms with Crippen LogP contribution < -0.4 is 10.9 Å². The van der Waals surface area contributed by atoms with Crippen LogP contribution in [-0.2, 0) is 9.53 Å². The van der Waals surface area contributed by atoms with E-state index in [1.54, 1.807) is 0 Å². The zero-order valence-electron chi connectivity index (χ0n) is 8.96. The molecule has 2 heterocycles. The first kappa shape index (κ1) is 11.8. The topological polar surface area (TPSA) is 119 Å². The number of rotatable bonds is 5. The molecule has 0 saturated carbocycles. The number of carbonyl (C=O) groups is 1. The first-order chi connectivity index (χ1) is 8.26. The fourth-order valence-corrected chi connectivity index (χ4v) is 1.35. The van der Waals surface area contributed by atoms with Gasteiger partial charge in [-0.05, 0) is 0 Å². The lowest BCUT2D eigenvalue weighted by molar-refractivity contribution is -0.114. The van der Waals surface area contributed by atoms with Gasteiger partial charge in [-0.15, -0.1) is 0 Å². The minimum atomic E-state index is -0.668. The number of aliphatic hydroxyl groups excluding tert-OH is 2. The van der Waals surface area contributed by atoms with Gasteiger partial charge in [0.25, 0.3) is 5.91 Å². The zero-order valence-corrected chi connectivity index (χ0v) is 8.96. The van der Waals surface area contributed by atoms with Gasteiger partial charge in [0.15, 0.2) is 11.5 Å². The van der Waals surface area contributed by atoms with Crippen LogP contribution >= 0.6 is 0 Å². The Morgan fingerprint density at radius 2 is 2.24 bits per heavy atom. The highest BCUT2D eigenvalue weighted by molar-refractivity contribution is 6.67. The van der Waals surface area contributed by atoms with Crippen LogP contribution in [0.15, 0.2) is 10.1 Å². The number of amidine groups is 1. The summed E-state index contributed by atoms with van der Waals surface area (Å²) < 4.78 is 5.19. The van der Waals surface area contributed by atoms with Crippen molar-refractivity contribution in [3.63, 3.8) is 0 Å². The van der Waals surface area contributed by atoms with E-state index < -0.39 is 6.10 Å². The number of hydrazine groups is 1. The van der Waals surface area contributed by atoms with Gasteiger partial charge in [0.05, 0.1) is 13.2 Å². The van der Waals surface area contributed by atoms with Crippen molar-refractivity contribution in [2.45, 2.75) is 6.10 Å². The van der Waals surface area contributed by atoms with Crippen LogP contribution in [-0.4, -0.2) is 65.4 Å². The van der Waals surface area contributed by atoms with Crippen molar-refractivity contribution in [1.29, 1.82) is 0 Å². The van der Waals surface area contributed by atoms with Gasteiger partial charge >= 0.3 is 0 Å². The number of fused-ring (bicyclic) bond motifs is 1. The van der Waals surface area contributed by atoms with Gasteiger partial charge in [-0.3, -0.25) is 4.79 Å². The number of hydrogen-bond acceptors (Lipinski definition) is 8. The standard InChI is InChI=1S/C8H13N5O4/c14-1-5(2-15)17-4-13-7-6(11-12-13)8(16)10-3-9-7/h5,12,14-15H,1-4H2,(H,10,16). The third kappa shape index (κ3) is 2.35. The van der Waals surface area contributed by atoms with Crippen LogP contribution in [0.3, 0.4) is 0 Å². The number of ether oxygens (including phenoxy) is 1. The summed E-state index contributed by atoms with van der Waals surface area (Å²) in [6.07, 6.45) is -0.668. The predicted molar refractivity (Wildman–Crippen MR) is 56.8 cm³/mol. The molecule has 0 aromatic carbocycles. The largest absolute Gasteiger partial charge is 0.394 e. The molecule has 2 rings (SSSR count). The number of nitrogens with one attached hydrogen (secondary N) is 2. The first-order valence-corrected chi connectivity index (χ1v) is 5.03. The summed E-state index contributed by atoms with van der Waals surface area (Å²) in [5, 5.41) is 25.4. The van der Waals surface area contributed by atoms with Gasteiger partial charge in [-0.1, -0.05) is 0 Å². The van der Waals surface area contributed by atoms with Crippen molar-refractivity contribution in [2.75, 3.05) is 26.6 Å². The maximum atomic E-state index is 11.4. The molecule has 0 atom stereocenters. The number of amides is 1. The second kappa shape index (κ2) is 5.08. The smallest absolute Gasteiger partial charge is 0.277 e. The molecule has 2 aliphatic heterocycles. The molecule has 17 heavy (non-hydrogen) atoms. The lowest BCUT2D eigenvalue weighted by Crippen LogP contribution is -2.47. The Balaban J connectivity index is 1.93. The molecule has 0 aromatic heterocycles. The van der Waals surface area contributed by atoms with Crippen LogP contribution in [0.5, 0.6) is 0 Å². The Bertz CT molecular complexity index is 365. The molecule has 0 unspecified atom stereocenters. The maximum absolute atomic E-state index is 11.4.